The molecule has 0 aliphatic carbocycles. The molecule has 0 spiro atoms. The summed E-state index contributed by atoms with van der Waals surface area (Å²) in [7, 11) is 0. The average molecular weight is 300 g/mol. The second kappa shape index (κ2) is 6.26. The highest BCUT2D eigenvalue weighted by molar-refractivity contribution is 5.92. The molecule has 1 aromatic rings. The molecule has 118 valence electrons. The van der Waals surface area contributed by atoms with E-state index in [-0.39, 0.29) is 18.0 Å². The molecular weight excluding hydrogens is 276 g/mol. The van der Waals surface area contributed by atoms with Gasteiger partial charge in [-0.2, -0.15) is 0 Å². The van der Waals surface area contributed by atoms with E-state index >= 15 is 0 Å². The van der Waals surface area contributed by atoms with Gasteiger partial charge >= 0.3 is 5.97 Å². The fourth-order valence-corrected chi connectivity index (χ4v) is 2.79. The Kier molecular flexibility index (Phi) is 4.59. The molecule has 0 bridgehead atoms. The zero-order valence-corrected chi connectivity index (χ0v) is 13.9. The predicted octanol–water partition coefficient (Wildman–Crippen LogP) is 3.10. The van der Waals surface area contributed by atoms with Gasteiger partial charge in [-0.3, -0.25) is 0 Å². The Labute approximate surface area is 132 Å². The van der Waals surface area contributed by atoms with E-state index in [1.54, 1.807) is 0 Å². The van der Waals surface area contributed by atoms with Crippen LogP contribution in [0.2, 0.25) is 0 Å². The Morgan fingerprint density at radius 3 is 2.41 bits per heavy atom. The van der Waals surface area contributed by atoms with Gasteiger partial charge in [0.15, 0.2) is 0 Å². The fourth-order valence-electron chi connectivity index (χ4n) is 2.79. The minimum atomic E-state index is -0.316. The van der Waals surface area contributed by atoms with Crippen molar-refractivity contribution in [1.29, 1.82) is 0 Å². The number of dihydropyridines is 1. The highest BCUT2D eigenvalue weighted by Gasteiger charge is 2.33. The molecule has 0 radical (unpaired) electrons. The van der Waals surface area contributed by atoms with Crippen LogP contribution in [0.1, 0.15) is 44.7 Å². The van der Waals surface area contributed by atoms with Crippen molar-refractivity contribution in [2.24, 2.45) is 5.73 Å². The van der Waals surface area contributed by atoms with Gasteiger partial charge in [-0.05, 0) is 45.7 Å². The van der Waals surface area contributed by atoms with Gasteiger partial charge in [0.25, 0.3) is 0 Å². The van der Waals surface area contributed by atoms with E-state index in [4.69, 9.17) is 10.5 Å². The number of hydrogen-bond donors (Lipinski definition) is 2. The molecule has 1 atom stereocenters. The molecule has 0 aromatic heterocycles. The van der Waals surface area contributed by atoms with Crippen LogP contribution in [0.15, 0.2) is 46.9 Å². The molecule has 4 heteroatoms. The lowest BCUT2D eigenvalue weighted by molar-refractivity contribution is -0.143. The number of nitrogens with two attached hydrogens (primary N) is 1. The number of rotatable bonds is 3. The standard InChI is InChI=1S/C18H24N2O2/c1-10(2)22-18(21)15-12(4)20-13(5)17(19)16(15)14-9-7-6-8-11(14)3/h6-10,16,20H,19H2,1-5H3. The van der Waals surface area contributed by atoms with E-state index in [9.17, 15) is 4.79 Å². The van der Waals surface area contributed by atoms with E-state index in [1.807, 2.05) is 58.9 Å². The number of benzene rings is 1. The summed E-state index contributed by atoms with van der Waals surface area (Å²) >= 11 is 0. The monoisotopic (exact) mass is 300 g/mol. The third-order valence-electron chi connectivity index (χ3n) is 3.87. The van der Waals surface area contributed by atoms with Gasteiger partial charge in [0.1, 0.15) is 0 Å². The quantitative estimate of drug-likeness (QED) is 0.842. The molecule has 0 amide bonds. The van der Waals surface area contributed by atoms with E-state index in [0.29, 0.717) is 11.3 Å². The van der Waals surface area contributed by atoms with Crippen LogP contribution in [-0.2, 0) is 9.53 Å². The molecule has 0 saturated carbocycles. The van der Waals surface area contributed by atoms with Crippen molar-refractivity contribution >= 4 is 5.97 Å². The molecule has 4 nitrogen and oxygen atoms in total. The van der Waals surface area contributed by atoms with Crippen molar-refractivity contribution in [2.45, 2.75) is 46.6 Å². The van der Waals surface area contributed by atoms with Gasteiger partial charge in [-0.25, -0.2) is 4.79 Å². The molecule has 2 rings (SSSR count). The van der Waals surface area contributed by atoms with Crippen molar-refractivity contribution in [3.8, 4) is 0 Å². The second-order valence-electron chi connectivity index (χ2n) is 5.99. The predicted molar refractivity (Wildman–Crippen MR) is 87.9 cm³/mol. The summed E-state index contributed by atoms with van der Waals surface area (Å²) in [5.41, 5.74) is 11.4. The molecule has 0 fully saturated rings. The van der Waals surface area contributed by atoms with E-state index in [2.05, 4.69) is 5.32 Å². The molecule has 0 saturated heterocycles. The van der Waals surface area contributed by atoms with Crippen LogP contribution in [0, 0.1) is 6.92 Å². The lowest BCUT2D eigenvalue weighted by atomic mass is 9.82. The topological polar surface area (TPSA) is 64.4 Å². The minimum absolute atomic E-state index is 0.168. The number of aryl methyl sites for hydroxylation is 1. The van der Waals surface area contributed by atoms with Gasteiger partial charge < -0.3 is 15.8 Å². The smallest absolute Gasteiger partial charge is 0.337 e. The summed E-state index contributed by atoms with van der Waals surface area (Å²) < 4.78 is 5.42. The highest BCUT2D eigenvalue weighted by Crippen LogP contribution is 2.37. The van der Waals surface area contributed by atoms with Crippen LogP contribution in [0.4, 0.5) is 0 Å². The molecular formula is C18H24N2O2. The zero-order valence-electron chi connectivity index (χ0n) is 13.9. The molecule has 1 aliphatic rings. The highest BCUT2D eigenvalue weighted by atomic mass is 16.5. The van der Waals surface area contributed by atoms with Crippen LogP contribution < -0.4 is 11.1 Å². The summed E-state index contributed by atoms with van der Waals surface area (Å²) in [6.07, 6.45) is -0.168. The number of carbonyl (C=O) groups is 1. The summed E-state index contributed by atoms with van der Waals surface area (Å²) in [6.45, 7) is 9.53. The molecule has 22 heavy (non-hydrogen) atoms. The Morgan fingerprint density at radius 1 is 1.18 bits per heavy atom. The maximum absolute atomic E-state index is 12.6. The number of esters is 1. The maximum Gasteiger partial charge on any atom is 0.337 e. The van der Waals surface area contributed by atoms with E-state index < -0.39 is 0 Å². The lowest BCUT2D eigenvalue weighted by Gasteiger charge is -2.30. The van der Waals surface area contributed by atoms with Crippen molar-refractivity contribution in [2.75, 3.05) is 0 Å². The summed E-state index contributed by atoms with van der Waals surface area (Å²) in [5.74, 6) is -0.586. The Bertz CT molecular complexity index is 657. The number of hydrogen-bond acceptors (Lipinski definition) is 4. The normalized spacial score (nSPS) is 18.5. The molecule has 1 aliphatic heterocycles. The second-order valence-corrected chi connectivity index (χ2v) is 5.99. The maximum atomic E-state index is 12.6. The third kappa shape index (κ3) is 3.01. The first kappa shape index (κ1) is 16.1. The van der Waals surface area contributed by atoms with Crippen LogP contribution in [0.5, 0.6) is 0 Å². The SMILES string of the molecule is CC1=C(N)C(c2ccccc2C)C(C(=O)OC(C)C)=C(C)N1. The van der Waals surface area contributed by atoms with Gasteiger partial charge in [-0.15, -0.1) is 0 Å². The first-order valence-electron chi connectivity index (χ1n) is 7.53. The summed E-state index contributed by atoms with van der Waals surface area (Å²) in [5, 5.41) is 3.19. The first-order valence-corrected chi connectivity index (χ1v) is 7.53. The number of ether oxygens (including phenoxy) is 1. The Morgan fingerprint density at radius 2 is 1.82 bits per heavy atom. The largest absolute Gasteiger partial charge is 0.460 e. The van der Waals surface area contributed by atoms with E-state index in [0.717, 1.165) is 22.5 Å². The number of carbonyl (C=O) groups excluding carboxylic acids is 1. The van der Waals surface area contributed by atoms with Crippen molar-refractivity contribution in [3.05, 3.63) is 58.1 Å². The molecule has 1 aromatic carbocycles. The minimum Gasteiger partial charge on any atom is -0.460 e. The summed E-state index contributed by atoms with van der Waals surface area (Å²) in [6, 6.07) is 7.99. The Hall–Kier alpha value is -2.23. The van der Waals surface area contributed by atoms with Crippen LogP contribution in [0.25, 0.3) is 0 Å². The molecule has 1 unspecified atom stereocenters. The lowest BCUT2D eigenvalue weighted by Crippen LogP contribution is -2.32. The van der Waals surface area contributed by atoms with Gasteiger partial charge in [0.2, 0.25) is 0 Å². The van der Waals surface area contributed by atoms with Crippen molar-refractivity contribution in [3.63, 3.8) is 0 Å². The van der Waals surface area contributed by atoms with Gasteiger partial charge in [-0.1, -0.05) is 24.3 Å². The van der Waals surface area contributed by atoms with Crippen LogP contribution >= 0.6 is 0 Å². The zero-order chi connectivity index (χ0) is 16.4. The van der Waals surface area contributed by atoms with E-state index in [1.165, 1.54) is 0 Å². The first-order chi connectivity index (χ1) is 10.3. The van der Waals surface area contributed by atoms with Crippen LogP contribution in [0.3, 0.4) is 0 Å². The van der Waals surface area contributed by atoms with Crippen molar-refractivity contribution in [1.82, 2.24) is 5.32 Å². The number of allylic oxidation sites excluding steroid dienone is 3. The average Bonchev–Trinajstić information content (AvgIpc) is 2.42. The number of nitrogens with one attached hydrogen (secondary N) is 1. The third-order valence-corrected chi connectivity index (χ3v) is 3.87. The molecule has 3 N–H and O–H groups in total. The van der Waals surface area contributed by atoms with Gasteiger partial charge in [0.05, 0.1) is 17.6 Å². The van der Waals surface area contributed by atoms with Crippen LogP contribution in [-0.4, -0.2) is 12.1 Å². The molecule has 1 heterocycles. The fraction of sp³-hybridized carbons (Fsp3) is 0.389. The van der Waals surface area contributed by atoms with Gasteiger partial charge in [0, 0.05) is 17.1 Å². The van der Waals surface area contributed by atoms with Crippen molar-refractivity contribution < 1.29 is 9.53 Å². The summed E-state index contributed by atoms with van der Waals surface area (Å²) in [4.78, 5) is 12.6. The Balaban J connectivity index is 2.56.